The predicted molar refractivity (Wildman–Crippen MR) is 104 cm³/mol. The molecule has 1 N–H and O–H groups in total. The molecule has 3 aromatic rings. The summed E-state index contributed by atoms with van der Waals surface area (Å²) in [5.41, 5.74) is 1.35. The average Bonchev–Trinajstić information content (AvgIpc) is 3.22. The van der Waals surface area contributed by atoms with Crippen molar-refractivity contribution in [3.8, 4) is 0 Å². The first-order chi connectivity index (χ1) is 12.5. The lowest BCUT2D eigenvalue weighted by molar-refractivity contribution is 0.555. The molecule has 3 aromatic heterocycles. The van der Waals surface area contributed by atoms with E-state index in [1.165, 1.54) is 4.57 Å². The van der Waals surface area contributed by atoms with E-state index in [-0.39, 0.29) is 17.2 Å². The Hall–Kier alpha value is -2.22. The van der Waals surface area contributed by atoms with Gasteiger partial charge < -0.3 is 4.98 Å². The second-order valence-corrected chi connectivity index (χ2v) is 7.74. The van der Waals surface area contributed by atoms with E-state index in [1.54, 1.807) is 15.9 Å². The van der Waals surface area contributed by atoms with Crippen molar-refractivity contribution in [3.05, 3.63) is 42.7 Å². The molecule has 140 valence electrons. The molecular formula is C18H25N5O2S. The van der Waals surface area contributed by atoms with Crippen LogP contribution in [0.2, 0.25) is 0 Å². The van der Waals surface area contributed by atoms with E-state index < -0.39 is 0 Å². The molecule has 1 unspecified atom stereocenters. The normalized spacial score (nSPS) is 12.8. The van der Waals surface area contributed by atoms with Crippen LogP contribution in [0.5, 0.6) is 0 Å². The lowest BCUT2D eigenvalue weighted by Gasteiger charge is -2.09. The Bertz CT molecular complexity index is 1030. The van der Waals surface area contributed by atoms with Crippen LogP contribution in [0.3, 0.4) is 0 Å². The van der Waals surface area contributed by atoms with Crippen molar-refractivity contribution in [1.82, 2.24) is 24.1 Å². The van der Waals surface area contributed by atoms with Crippen LogP contribution >= 0.6 is 11.3 Å². The Morgan fingerprint density at radius 2 is 1.85 bits per heavy atom. The average molecular weight is 375 g/mol. The fraction of sp³-hybridized carbons (Fsp3) is 0.556. The lowest BCUT2D eigenvalue weighted by Crippen LogP contribution is -2.40. The Morgan fingerprint density at radius 1 is 1.15 bits per heavy atom. The zero-order valence-corrected chi connectivity index (χ0v) is 16.5. The molecule has 0 spiro atoms. The van der Waals surface area contributed by atoms with Gasteiger partial charge in [0.2, 0.25) is 0 Å². The standard InChI is InChI=1S/C18H25N5O2S/c1-5-7-22-16-14(17(24)23(8-6-2)18(22)25)20-15(21-16)11(3)9-13-10-26-12(4)19-13/h10-11H,5-9H2,1-4H3,(H,20,21). The molecule has 0 aromatic carbocycles. The highest BCUT2D eigenvalue weighted by atomic mass is 32.1. The summed E-state index contributed by atoms with van der Waals surface area (Å²) in [7, 11) is 0. The number of nitrogens with one attached hydrogen (secondary N) is 1. The summed E-state index contributed by atoms with van der Waals surface area (Å²) in [6.07, 6.45) is 2.27. The maximum Gasteiger partial charge on any atom is 0.332 e. The summed E-state index contributed by atoms with van der Waals surface area (Å²) < 4.78 is 2.93. The van der Waals surface area contributed by atoms with Crippen LogP contribution in [0.4, 0.5) is 0 Å². The van der Waals surface area contributed by atoms with Gasteiger partial charge >= 0.3 is 5.69 Å². The van der Waals surface area contributed by atoms with E-state index >= 15 is 0 Å². The van der Waals surface area contributed by atoms with Gasteiger partial charge in [0.1, 0.15) is 11.3 Å². The first-order valence-corrected chi connectivity index (χ1v) is 9.98. The van der Waals surface area contributed by atoms with E-state index in [4.69, 9.17) is 0 Å². The molecule has 0 saturated heterocycles. The molecule has 3 rings (SSSR count). The maximum atomic E-state index is 12.8. The van der Waals surface area contributed by atoms with Crippen molar-refractivity contribution in [3.63, 3.8) is 0 Å². The van der Waals surface area contributed by atoms with Gasteiger partial charge in [-0.1, -0.05) is 20.8 Å². The van der Waals surface area contributed by atoms with Crippen LogP contribution in [0, 0.1) is 6.92 Å². The Kier molecular flexibility index (Phi) is 5.41. The molecule has 3 heterocycles. The third-order valence-corrected chi connectivity index (χ3v) is 5.24. The highest BCUT2D eigenvalue weighted by Gasteiger charge is 2.19. The number of aromatic nitrogens is 5. The van der Waals surface area contributed by atoms with Gasteiger partial charge in [0.25, 0.3) is 5.56 Å². The minimum absolute atomic E-state index is 0.0769. The van der Waals surface area contributed by atoms with Crippen molar-refractivity contribution in [1.29, 1.82) is 0 Å². The van der Waals surface area contributed by atoms with Crippen LogP contribution < -0.4 is 11.2 Å². The molecule has 8 heteroatoms. The number of nitrogens with zero attached hydrogens (tertiary/aromatic N) is 4. The number of hydrogen-bond acceptors (Lipinski definition) is 5. The SMILES string of the molecule is CCCn1c(=O)c2[nH]c(C(C)Cc3csc(C)n3)nc2n(CCC)c1=O. The van der Waals surface area contributed by atoms with Gasteiger partial charge in [0.15, 0.2) is 5.65 Å². The fourth-order valence-corrected chi connectivity index (χ4v) is 3.80. The molecule has 0 radical (unpaired) electrons. The number of imidazole rings is 1. The largest absolute Gasteiger partial charge is 0.336 e. The molecule has 0 bridgehead atoms. The van der Waals surface area contributed by atoms with E-state index in [0.29, 0.717) is 24.3 Å². The number of H-pyrrole nitrogens is 1. The monoisotopic (exact) mass is 375 g/mol. The van der Waals surface area contributed by atoms with Gasteiger partial charge in [-0.3, -0.25) is 13.9 Å². The second kappa shape index (κ2) is 7.57. The van der Waals surface area contributed by atoms with Gasteiger partial charge in [-0.2, -0.15) is 0 Å². The van der Waals surface area contributed by atoms with E-state index in [2.05, 4.69) is 27.3 Å². The minimum Gasteiger partial charge on any atom is -0.336 e. The van der Waals surface area contributed by atoms with Crippen molar-refractivity contribution >= 4 is 22.5 Å². The summed E-state index contributed by atoms with van der Waals surface area (Å²) in [5.74, 6) is 0.800. The third kappa shape index (κ3) is 3.38. The number of hydrogen-bond donors (Lipinski definition) is 1. The first kappa shape index (κ1) is 18.6. The molecule has 26 heavy (non-hydrogen) atoms. The zero-order chi connectivity index (χ0) is 18.8. The van der Waals surface area contributed by atoms with Crippen molar-refractivity contribution < 1.29 is 0 Å². The molecular weight excluding hydrogens is 350 g/mol. The Balaban J connectivity index is 2.09. The fourth-order valence-electron chi connectivity index (χ4n) is 3.18. The van der Waals surface area contributed by atoms with Crippen LogP contribution in [0.1, 0.15) is 56.1 Å². The number of thiazole rings is 1. The summed E-state index contributed by atoms with van der Waals surface area (Å²) >= 11 is 1.63. The number of aryl methyl sites for hydroxylation is 2. The summed E-state index contributed by atoms with van der Waals surface area (Å²) in [5, 5.41) is 3.09. The van der Waals surface area contributed by atoms with E-state index in [0.717, 1.165) is 35.8 Å². The highest BCUT2D eigenvalue weighted by Crippen LogP contribution is 2.21. The van der Waals surface area contributed by atoms with Crippen molar-refractivity contribution in [2.45, 2.75) is 66.0 Å². The second-order valence-electron chi connectivity index (χ2n) is 6.67. The third-order valence-electron chi connectivity index (χ3n) is 4.42. The molecule has 0 saturated carbocycles. The van der Waals surface area contributed by atoms with Crippen LogP contribution in [-0.4, -0.2) is 24.1 Å². The Morgan fingerprint density at radius 3 is 2.46 bits per heavy atom. The van der Waals surface area contributed by atoms with E-state index in [9.17, 15) is 9.59 Å². The first-order valence-electron chi connectivity index (χ1n) is 9.10. The number of aromatic amines is 1. The number of fused-ring (bicyclic) bond motifs is 1. The van der Waals surface area contributed by atoms with Gasteiger partial charge in [0.05, 0.1) is 10.7 Å². The molecule has 0 aliphatic heterocycles. The van der Waals surface area contributed by atoms with Crippen molar-refractivity contribution in [2.24, 2.45) is 0 Å². The van der Waals surface area contributed by atoms with Gasteiger partial charge in [-0.15, -0.1) is 11.3 Å². The van der Waals surface area contributed by atoms with Crippen LogP contribution in [0.25, 0.3) is 11.2 Å². The van der Waals surface area contributed by atoms with Crippen LogP contribution in [0.15, 0.2) is 15.0 Å². The summed E-state index contributed by atoms with van der Waals surface area (Å²) in [4.78, 5) is 37.8. The molecule has 0 aliphatic carbocycles. The molecule has 1 atom stereocenters. The highest BCUT2D eigenvalue weighted by molar-refractivity contribution is 7.09. The van der Waals surface area contributed by atoms with Gasteiger partial charge in [-0.25, -0.2) is 14.8 Å². The van der Waals surface area contributed by atoms with Gasteiger partial charge in [0, 0.05) is 30.8 Å². The van der Waals surface area contributed by atoms with E-state index in [1.807, 2.05) is 20.8 Å². The predicted octanol–water partition coefficient (Wildman–Crippen LogP) is 2.82. The molecule has 0 aliphatic rings. The van der Waals surface area contributed by atoms with Crippen molar-refractivity contribution in [2.75, 3.05) is 0 Å². The lowest BCUT2D eigenvalue weighted by atomic mass is 10.1. The number of rotatable bonds is 7. The van der Waals surface area contributed by atoms with Gasteiger partial charge in [-0.05, 0) is 19.8 Å². The molecule has 0 fully saturated rings. The minimum atomic E-state index is -0.283. The zero-order valence-electron chi connectivity index (χ0n) is 15.7. The molecule has 7 nitrogen and oxygen atoms in total. The Labute approximate surface area is 155 Å². The quantitative estimate of drug-likeness (QED) is 0.688. The smallest absolute Gasteiger partial charge is 0.332 e. The molecule has 0 amide bonds. The summed E-state index contributed by atoms with van der Waals surface area (Å²) in [6, 6.07) is 0. The maximum absolute atomic E-state index is 12.8. The topological polar surface area (TPSA) is 85.6 Å². The van der Waals surface area contributed by atoms with Crippen LogP contribution in [-0.2, 0) is 19.5 Å². The summed E-state index contributed by atoms with van der Waals surface area (Å²) in [6.45, 7) is 8.96.